The molecule has 18 heavy (non-hydrogen) atoms. The van der Waals surface area contributed by atoms with E-state index in [4.69, 9.17) is 0 Å². The van der Waals surface area contributed by atoms with Crippen LogP contribution >= 0.6 is 0 Å². The average molecular weight is 242 g/mol. The summed E-state index contributed by atoms with van der Waals surface area (Å²) in [4.78, 5) is 0. The molecule has 3 rings (SSSR count). The van der Waals surface area contributed by atoms with Gasteiger partial charge in [-0.05, 0) is 52.8 Å². The van der Waals surface area contributed by atoms with Gasteiger partial charge in [0.1, 0.15) is 0 Å². The first kappa shape index (κ1) is 14.8. The molecule has 0 atom stereocenters. The van der Waals surface area contributed by atoms with Crippen molar-refractivity contribution in [2.24, 2.45) is 0 Å². The third kappa shape index (κ3) is 2.29. The predicted molar refractivity (Wildman–Crippen MR) is 83.6 cm³/mol. The highest BCUT2D eigenvalue weighted by Gasteiger charge is 2.18. The zero-order valence-corrected chi connectivity index (χ0v) is 12.7. The first-order valence-corrected chi connectivity index (χ1v) is 7.34. The number of benzene rings is 2. The highest BCUT2D eigenvalue weighted by atomic mass is 14.2. The van der Waals surface area contributed by atoms with E-state index < -0.39 is 0 Å². The van der Waals surface area contributed by atoms with Crippen molar-refractivity contribution >= 4 is 10.8 Å². The molecule has 0 spiro atoms. The van der Waals surface area contributed by atoms with E-state index in [-0.39, 0.29) is 0 Å². The molecule has 0 saturated carbocycles. The quantitative estimate of drug-likeness (QED) is 0.516. The van der Waals surface area contributed by atoms with Crippen LogP contribution in [0.5, 0.6) is 0 Å². The lowest BCUT2D eigenvalue weighted by atomic mass is 9.81. The van der Waals surface area contributed by atoms with Gasteiger partial charge >= 0.3 is 0 Å². The Bertz CT molecular complexity index is 513. The van der Waals surface area contributed by atoms with E-state index in [1.807, 2.05) is 27.7 Å². The van der Waals surface area contributed by atoms with Gasteiger partial charge in [0.15, 0.2) is 0 Å². The summed E-state index contributed by atoms with van der Waals surface area (Å²) in [7, 11) is 0. The van der Waals surface area contributed by atoms with Gasteiger partial charge in [-0.1, -0.05) is 58.9 Å². The predicted octanol–water partition coefficient (Wildman–Crippen LogP) is 5.67. The van der Waals surface area contributed by atoms with Gasteiger partial charge in [-0.3, -0.25) is 0 Å². The molecule has 2 aromatic carbocycles. The van der Waals surface area contributed by atoms with Crippen LogP contribution in [0.2, 0.25) is 0 Å². The second kappa shape index (κ2) is 6.58. The van der Waals surface area contributed by atoms with Gasteiger partial charge in [0.05, 0.1) is 0 Å². The molecule has 1 aliphatic carbocycles. The first-order chi connectivity index (χ1) is 8.81. The molecule has 0 N–H and O–H groups in total. The van der Waals surface area contributed by atoms with Crippen LogP contribution in [0.3, 0.4) is 0 Å². The Morgan fingerprint density at radius 2 is 1.39 bits per heavy atom. The molecule has 0 nitrogen and oxygen atoms in total. The standard InChI is InChI=1S/C14H14.2C2H6/c1-3-10-6-7-12-8-11-5-4-9(2)13(10)14(11)12;2*1-2/h4-7H,3,8H2,1-2H3;2*1-2H3. The van der Waals surface area contributed by atoms with Gasteiger partial charge in [0.2, 0.25) is 0 Å². The van der Waals surface area contributed by atoms with Crippen LogP contribution in [-0.2, 0) is 12.8 Å². The van der Waals surface area contributed by atoms with Crippen LogP contribution in [0.25, 0.3) is 10.8 Å². The molecular formula is C18H26. The summed E-state index contributed by atoms with van der Waals surface area (Å²) < 4.78 is 0. The lowest BCUT2D eigenvalue weighted by molar-refractivity contribution is 1.11. The highest BCUT2D eigenvalue weighted by Crippen LogP contribution is 2.37. The van der Waals surface area contributed by atoms with Gasteiger partial charge in [-0.2, -0.15) is 0 Å². The number of hydrogen-bond acceptors (Lipinski definition) is 0. The summed E-state index contributed by atoms with van der Waals surface area (Å²) in [6.45, 7) is 12.5. The average Bonchev–Trinajstić information content (AvgIpc) is 2.43. The van der Waals surface area contributed by atoms with Crippen molar-refractivity contribution in [3.05, 3.63) is 46.5 Å². The normalized spacial score (nSPS) is 10.8. The number of aryl methyl sites for hydroxylation is 2. The minimum absolute atomic E-state index is 1.14. The Kier molecular flexibility index (Phi) is 5.40. The lowest BCUT2D eigenvalue weighted by Crippen LogP contribution is -2.05. The largest absolute Gasteiger partial charge is 0.0683 e. The third-order valence-corrected chi connectivity index (χ3v) is 3.39. The molecule has 1 aliphatic rings. The van der Waals surface area contributed by atoms with Crippen molar-refractivity contribution in [1.29, 1.82) is 0 Å². The van der Waals surface area contributed by atoms with Crippen molar-refractivity contribution in [1.82, 2.24) is 0 Å². The maximum absolute atomic E-state index is 2.30. The third-order valence-electron chi connectivity index (χ3n) is 3.39. The van der Waals surface area contributed by atoms with E-state index in [9.17, 15) is 0 Å². The first-order valence-electron chi connectivity index (χ1n) is 7.34. The minimum atomic E-state index is 1.14. The van der Waals surface area contributed by atoms with E-state index in [0.717, 1.165) is 6.42 Å². The lowest BCUT2D eigenvalue weighted by Gasteiger charge is -2.23. The van der Waals surface area contributed by atoms with Gasteiger partial charge in [-0.25, -0.2) is 0 Å². The van der Waals surface area contributed by atoms with E-state index in [2.05, 4.69) is 38.1 Å². The molecule has 0 aliphatic heterocycles. The molecule has 0 heteroatoms. The Balaban J connectivity index is 0.000000371. The zero-order chi connectivity index (χ0) is 13.7. The molecular weight excluding hydrogens is 216 g/mol. The fourth-order valence-electron chi connectivity index (χ4n) is 2.59. The van der Waals surface area contributed by atoms with Crippen LogP contribution in [0.4, 0.5) is 0 Å². The molecule has 98 valence electrons. The molecule has 2 aromatic rings. The summed E-state index contributed by atoms with van der Waals surface area (Å²) in [5.74, 6) is 0. The summed E-state index contributed by atoms with van der Waals surface area (Å²) in [5, 5.41) is 3.07. The summed E-state index contributed by atoms with van der Waals surface area (Å²) in [6.07, 6.45) is 2.32. The van der Waals surface area contributed by atoms with Gasteiger partial charge < -0.3 is 0 Å². The monoisotopic (exact) mass is 242 g/mol. The molecule has 0 fully saturated rings. The molecule has 0 saturated heterocycles. The molecule has 0 heterocycles. The smallest absolute Gasteiger partial charge is 0.00132 e. The van der Waals surface area contributed by atoms with Crippen molar-refractivity contribution in [2.45, 2.75) is 54.4 Å². The second-order valence-corrected chi connectivity index (χ2v) is 4.21. The summed E-state index contributed by atoms with van der Waals surface area (Å²) in [5.41, 5.74) is 6.01. The topological polar surface area (TPSA) is 0 Å². The minimum Gasteiger partial charge on any atom is -0.0683 e. The van der Waals surface area contributed by atoms with E-state index in [1.54, 1.807) is 5.39 Å². The Morgan fingerprint density at radius 1 is 0.833 bits per heavy atom. The van der Waals surface area contributed by atoms with Crippen LogP contribution in [0.15, 0.2) is 24.3 Å². The van der Waals surface area contributed by atoms with Crippen LogP contribution < -0.4 is 0 Å². The zero-order valence-electron chi connectivity index (χ0n) is 12.7. The fourth-order valence-corrected chi connectivity index (χ4v) is 2.59. The summed E-state index contributed by atoms with van der Waals surface area (Å²) in [6, 6.07) is 9.14. The van der Waals surface area contributed by atoms with Crippen molar-refractivity contribution in [2.75, 3.05) is 0 Å². The van der Waals surface area contributed by atoms with E-state index in [1.165, 1.54) is 34.1 Å². The Morgan fingerprint density at radius 3 is 1.94 bits per heavy atom. The molecule has 0 unspecified atom stereocenters. The van der Waals surface area contributed by atoms with Crippen molar-refractivity contribution < 1.29 is 0 Å². The maximum atomic E-state index is 2.30. The van der Waals surface area contributed by atoms with Gasteiger partial charge in [0, 0.05) is 0 Å². The SMILES string of the molecule is CC.CC.CCc1ccc2c3c(ccc(C)c13)C2. The van der Waals surface area contributed by atoms with E-state index in [0.29, 0.717) is 0 Å². The molecule has 0 bridgehead atoms. The second-order valence-electron chi connectivity index (χ2n) is 4.21. The Labute approximate surface area is 112 Å². The molecule has 0 radical (unpaired) electrons. The van der Waals surface area contributed by atoms with Gasteiger partial charge in [0.25, 0.3) is 0 Å². The van der Waals surface area contributed by atoms with Crippen LogP contribution in [0.1, 0.15) is 56.9 Å². The van der Waals surface area contributed by atoms with Crippen LogP contribution in [-0.4, -0.2) is 0 Å². The number of rotatable bonds is 1. The van der Waals surface area contributed by atoms with Crippen molar-refractivity contribution in [3.63, 3.8) is 0 Å². The maximum Gasteiger partial charge on any atom is -0.00132 e. The molecule has 0 amide bonds. The van der Waals surface area contributed by atoms with E-state index >= 15 is 0 Å². The van der Waals surface area contributed by atoms with Crippen LogP contribution in [0, 0.1) is 6.92 Å². The van der Waals surface area contributed by atoms with Crippen molar-refractivity contribution in [3.8, 4) is 0 Å². The highest BCUT2D eigenvalue weighted by molar-refractivity contribution is 5.98. The molecule has 0 aromatic heterocycles. The van der Waals surface area contributed by atoms with Gasteiger partial charge in [-0.15, -0.1) is 0 Å². The number of hydrogen-bond donors (Lipinski definition) is 0. The Hall–Kier alpha value is -1.30. The summed E-state index contributed by atoms with van der Waals surface area (Å²) >= 11 is 0. The fraction of sp³-hybridized carbons (Fsp3) is 0.444.